The standard InChI is InChI=1S/C18H22NO.ClH/c1-4-19(2,3)14-15-10-12-17(13-11-15)18(20)16-8-6-5-7-9-16;/h5-13H,4,14H2,1-3H3;1H/q+1;/p-1. The number of rotatable bonds is 5. The minimum Gasteiger partial charge on any atom is -1.00 e. The van der Waals surface area contributed by atoms with Crippen molar-refractivity contribution in [3.8, 4) is 0 Å². The molecule has 0 fully saturated rings. The number of hydrogen-bond donors (Lipinski definition) is 0. The van der Waals surface area contributed by atoms with Crippen molar-refractivity contribution >= 4 is 5.78 Å². The SMILES string of the molecule is CC[N+](C)(C)Cc1ccc(C(=O)c2ccccc2)cc1.[Cl-]. The van der Waals surface area contributed by atoms with Gasteiger partial charge in [0.25, 0.3) is 0 Å². The molecule has 0 saturated carbocycles. The Hall–Kier alpha value is -1.64. The topological polar surface area (TPSA) is 17.1 Å². The summed E-state index contributed by atoms with van der Waals surface area (Å²) in [6.07, 6.45) is 0. The minimum absolute atomic E-state index is 0. The number of carbonyl (C=O) groups is 1. The smallest absolute Gasteiger partial charge is 0.193 e. The highest BCUT2D eigenvalue weighted by Crippen LogP contribution is 2.13. The number of carbonyl (C=O) groups excluding carboxylic acids is 1. The first kappa shape index (κ1) is 17.4. The Balaban J connectivity index is 0.00000220. The van der Waals surface area contributed by atoms with Crippen LogP contribution < -0.4 is 12.4 Å². The Morgan fingerprint density at radius 1 is 0.905 bits per heavy atom. The van der Waals surface area contributed by atoms with E-state index in [4.69, 9.17) is 0 Å². The summed E-state index contributed by atoms with van der Waals surface area (Å²) in [6.45, 7) is 4.26. The van der Waals surface area contributed by atoms with Crippen molar-refractivity contribution in [3.05, 3.63) is 71.3 Å². The monoisotopic (exact) mass is 303 g/mol. The van der Waals surface area contributed by atoms with E-state index in [1.54, 1.807) is 0 Å². The van der Waals surface area contributed by atoms with E-state index in [1.165, 1.54) is 5.56 Å². The normalized spacial score (nSPS) is 10.8. The van der Waals surface area contributed by atoms with Crippen LogP contribution in [-0.4, -0.2) is 30.9 Å². The average molecular weight is 304 g/mol. The fraction of sp³-hybridized carbons (Fsp3) is 0.278. The summed E-state index contributed by atoms with van der Waals surface area (Å²) < 4.78 is 0.950. The van der Waals surface area contributed by atoms with E-state index in [2.05, 4.69) is 33.2 Å². The van der Waals surface area contributed by atoms with Crippen molar-refractivity contribution in [2.45, 2.75) is 13.5 Å². The predicted octanol–water partition coefficient (Wildman–Crippen LogP) is 0.518. The molecule has 2 aromatic rings. The van der Waals surface area contributed by atoms with Crippen LogP contribution >= 0.6 is 0 Å². The Kier molecular flexibility index (Phi) is 6.13. The average Bonchev–Trinajstić information content (AvgIpc) is 2.48. The van der Waals surface area contributed by atoms with Crippen LogP contribution in [0.1, 0.15) is 28.4 Å². The van der Waals surface area contributed by atoms with Crippen LogP contribution in [0.2, 0.25) is 0 Å². The fourth-order valence-electron chi connectivity index (χ4n) is 2.12. The summed E-state index contributed by atoms with van der Waals surface area (Å²) >= 11 is 0. The second kappa shape index (κ2) is 7.39. The van der Waals surface area contributed by atoms with E-state index in [1.807, 2.05) is 42.5 Å². The Bertz CT molecular complexity index is 576. The van der Waals surface area contributed by atoms with Crippen LogP contribution in [0.25, 0.3) is 0 Å². The van der Waals surface area contributed by atoms with Gasteiger partial charge in [0, 0.05) is 16.7 Å². The molecule has 21 heavy (non-hydrogen) atoms. The van der Waals surface area contributed by atoms with Crippen LogP contribution in [-0.2, 0) is 6.54 Å². The molecule has 3 heteroatoms. The molecular formula is C18H22ClNO. The fourth-order valence-corrected chi connectivity index (χ4v) is 2.12. The third kappa shape index (κ3) is 4.69. The number of benzene rings is 2. The van der Waals surface area contributed by atoms with Gasteiger partial charge in [-0.05, 0) is 6.92 Å². The van der Waals surface area contributed by atoms with Gasteiger partial charge in [-0.15, -0.1) is 0 Å². The van der Waals surface area contributed by atoms with E-state index >= 15 is 0 Å². The molecule has 0 spiro atoms. The Morgan fingerprint density at radius 2 is 1.43 bits per heavy atom. The van der Waals surface area contributed by atoms with Gasteiger partial charge in [0.05, 0.1) is 20.6 Å². The lowest BCUT2D eigenvalue weighted by atomic mass is 10.0. The Labute approximate surface area is 133 Å². The largest absolute Gasteiger partial charge is 1.00 e. The lowest BCUT2D eigenvalue weighted by Gasteiger charge is -2.28. The first-order valence-electron chi connectivity index (χ1n) is 7.02. The summed E-state index contributed by atoms with van der Waals surface area (Å²) in [6, 6.07) is 17.4. The van der Waals surface area contributed by atoms with Crippen LogP contribution in [0.4, 0.5) is 0 Å². The van der Waals surface area contributed by atoms with Gasteiger partial charge >= 0.3 is 0 Å². The van der Waals surface area contributed by atoms with E-state index in [-0.39, 0.29) is 18.2 Å². The molecule has 0 amide bonds. The highest BCUT2D eigenvalue weighted by atomic mass is 35.5. The van der Waals surface area contributed by atoms with Crippen LogP contribution in [0.5, 0.6) is 0 Å². The zero-order chi connectivity index (χ0) is 14.6. The molecule has 0 aliphatic carbocycles. The summed E-state index contributed by atoms with van der Waals surface area (Å²) in [7, 11) is 4.42. The minimum atomic E-state index is 0. The molecule has 0 N–H and O–H groups in total. The first-order valence-corrected chi connectivity index (χ1v) is 7.02. The van der Waals surface area contributed by atoms with Gasteiger partial charge in [-0.3, -0.25) is 4.79 Å². The van der Waals surface area contributed by atoms with E-state index in [0.717, 1.165) is 28.7 Å². The first-order chi connectivity index (χ1) is 9.52. The van der Waals surface area contributed by atoms with Crippen LogP contribution in [0, 0.1) is 0 Å². The molecule has 0 unspecified atom stereocenters. The van der Waals surface area contributed by atoms with Crippen molar-refractivity contribution < 1.29 is 21.7 Å². The van der Waals surface area contributed by atoms with Gasteiger partial charge in [-0.2, -0.15) is 0 Å². The number of ketones is 1. The summed E-state index contributed by atoms with van der Waals surface area (Å²) in [5.41, 5.74) is 2.76. The molecule has 0 saturated heterocycles. The highest BCUT2D eigenvalue weighted by molar-refractivity contribution is 6.08. The molecule has 2 nitrogen and oxygen atoms in total. The summed E-state index contributed by atoms with van der Waals surface area (Å²) in [4.78, 5) is 12.3. The van der Waals surface area contributed by atoms with Crippen molar-refractivity contribution in [2.75, 3.05) is 20.6 Å². The maximum absolute atomic E-state index is 12.3. The van der Waals surface area contributed by atoms with Gasteiger partial charge in [-0.25, -0.2) is 0 Å². The van der Waals surface area contributed by atoms with Gasteiger partial charge in [0.1, 0.15) is 6.54 Å². The number of halogens is 1. The molecule has 2 aromatic carbocycles. The van der Waals surface area contributed by atoms with E-state index in [0.29, 0.717) is 0 Å². The maximum Gasteiger partial charge on any atom is 0.193 e. The zero-order valence-electron chi connectivity index (χ0n) is 12.8. The van der Waals surface area contributed by atoms with Crippen molar-refractivity contribution in [1.82, 2.24) is 0 Å². The van der Waals surface area contributed by atoms with Gasteiger partial charge in [-0.1, -0.05) is 54.6 Å². The Morgan fingerprint density at radius 3 is 1.95 bits per heavy atom. The third-order valence-corrected chi connectivity index (χ3v) is 3.72. The third-order valence-electron chi connectivity index (χ3n) is 3.72. The lowest BCUT2D eigenvalue weighted by Crippen LogP contribution is -3.00. The lowest BCUT2D eigenvalue weighted by molar-refractivity contribution is -0.901. The molecule has 0 atom stereocenters. The van der Waals surface area contributed by atoms with Crippen molar-refractivity contribution in [3.63, 3.8) is 0 Å². The van der Waals surface area contributed by atoms with Crippen LogP contribution in [0.3, 0.4) is 0 Å². The van der Waals surface area contributed by atoms with Gasteiger partial charge in [0.2, 0.25) is 0 Å². The highest BCUT2D eigenvalue weighted by Gasteiger charge is 2.13. The number of hydrogen-bond acceptors (Lipinski definition) is 1. The number of quaternary nitrogens is 1. The quantitative estimate of drug-likeness (QED) is 0.581. The molecule has 2 rings (SSSR count). The zero-order valence-corrected chi connectivity index (χ0v) is 13.6. The molecular weight excluding hydrogens is 282 g/mol. The molecule has 0 radical (unpaired) electrons. The molecule has 0 aromatic heterocycles. The maximum atomic E-state index is 12.3. The molecule has 0 bridgehead atoms. The van der Waals surface area contributed by atoms with Crippen LogP contribution in [0.15, 0.2) is 54.6 Å². The molecule has 0 aliphatic heterocycles. The van der Waals surface area contributed by atoms with E-state index in [9.17, 15) is 4.79 Å². The predicted molar refractivity (Wildman–Crippen MR) is 82.7 cm³/mol. The molecule has 0 heterocycles. The summed E-state index contributed by atoms with van der Waals surface area (Å²) in [5.74, 6) is 0.0846. The second-order valence-corrected chi connectivity index (χ2v) is 5.80. The number of nitrogens with zero attached hydrogens (tertiary/aromatic N) is 1. The molecule has 112 valence electrons. The molecule has 0 aliphatic rings. The van der Waals surface area contributed by atoms with E-state index < -0.39 is 0 Å². The van der Waals surface area contributed by atoms with Gasteiger partial charge in [0.15, 0.2) is 5.78 Å². The van der Waals surface area contributed by atoms with Gasteiger partial charge < -0.3 is 16.9 Å². The summed E-state index contributed by atoms with van der Waals surface area (Å²) in [5, 5.41) is 0. The van der Waals surface area contributed by atoms with Crippen molar-refractivity contribution in [2.24, 2.45) is 0 Å². The van der Waals surface area contributed by atoms with Crippen molar-refractivity contribution in [1.29, 1.82) is 0 Å². The second-order valence-electron chi connectivity index (χ2n) is 5.80.